The van der Waals surface area contributed by atoms with Gasteiger partial charge >= 0.3 is 5.97 Å². The number of hydrogen-bond acceptors (Lipinski definition) is 4. The van der Waals surface area contributed by atoms with Crippen LogP contribution in [0.15, 0.2) is 29.2 Å². The first-order chi connectivity index (χ1) is 7.19. The number of esters is 1. The Kier molecular flexibility index (Phi) is 4.49. The number of carbonyl (C=O) groups excluding carboxylic acids is 1. The quantitative estimate of drug-likeness (QED) is 0.583. The maximum absolute atomic E-state index is 11.2. The Balaban J connectivity index is 2.75. The normalized spacial score (nSPS) is 11.9. The van der Waals surface area contributed by atoms with Gasteiger partial charge in [-0.3, -0.25) is 0 Å². The first kappa shape index (κ1) is 11.9. The largest absolute Gasteiger partial charge is 0.478 e. The highest BCUT2D eigenvalue weighted by molar-refractivity contribution is 7.98. The molecule has 4 heteroatoms. The number of hydrogen-bond donors (Lipinski definition) is 0. The first-order valence-corrected chi connectivity index (χ1v) is 5.79. The molecule has 0 aromatic heterocycles. The molecular formula is C11H14O3S. The average Bonchev–Trinajstić information content (AvgIpc) is 2.28. The molecule has 0 aliphatic heterocycles. The molecule has 15 heavy (non-hydrogen) atoms. The summed E-state index contributed by atoms with van der Waals surface area (Å²) in [6.07, 6.45) is 1.38. The van der Waals surface area contributed by atoms with Crippen molar-refractivity contribution in [3.05, 3.63) is 24.3 Å². The van der Waals surface area contributed by atoms with Crippen molar-refractivity contribution in [2.75, 3.05) is 13.4 Å². The summed E-state index contributed by atoms with van der Waals surface area (Å²) in [4.78, 5) is 12.2. The molecule has 0 N–H and O–H groups in total. The third-order valence-corrected chi connectivity index (χ3v) is 2.68. The molecule has 1 rings (SSSR count). The molecule has 0 radical (unpaired) electrons. The highest BCUT2D eigenvalue weighted by atomic mass is 32.2. The summed E-state index contributed by atoms with van der Waals surface area (Å²) in [6.45, 7) is 1.67. The van der Waals surface area contributed by atoms with Gasteiger partial charge in [0.05, 0.1) is 7.11 Å². The summed E-state index contributed by atoms with van der Waals surface area (Å²) in [5.41, 5.74) is 0. The van der Waals surface area contributed by atoms with Crippen LogP contribution >= 0.6 is 11.8 Å². The van der Waals surface area contributed by atoms with Crippen molar-refractivity contribution in [3.8, 4) is 5.75 Å². The highest BCUT2D eigenvalue weighted by Crippen LogP contribution is 2.27. The zero-order chi connectivity index (χ0) is 11.3. The molecule has 0 aliphatic carbocycles. The van der Waals surface area contributed by atoms with E-state index in [9.17, 15) is 4.79 Å². The van der Waals surface area contributed by atoms with E-state index in [1.165, 1.54) is 7.11 Å². The molecule has 0 spiro atoms. The minimum absolute atomic E-state index is 0.370. The van der Waals surface area contributed by atoms with Crippen LogP contribution in [-0.2, 0) is 9.53 Å². The van der Waals surface area contributed by atoms with Gasteiger partial charge in [0.2, 0.25) is 0 Å². The third-order valence-electron chi connectivity index (χ3n) is 1.91. The van der Waals surface area contributed by atoms with E-state index in [2.05, 4.69) is 4.74 Å². The third kappa shape index (κ3) is 3.16. The van der Waals surface area contributed by atoms with Crippen LogP contribution < -0.4 is 4.74 Å². The number of thioether (sulfide) groups is 1. The van der Waals surface area contributed by atoms with Crippen LogP contribution in [0.1, 0.15) is 6.92 Å². The maximum atomic E-state index is 11.2. The smallest absolute Gasteiger partial charge is 0.346 e. The molecule has 0 saturated carbocycles. The number of rotatable bonds is 4. The lowest BCUT2D eigenvalue weighted by Crippen LogP contribution is -2.25. The minimum atomic E-state index is -0.580. The zero-order valence-corrected chi connectivity index (χ0v) is 9.84. The van der Waals surface area contributed by atoms with Crippen LogP contribution in [-0.4, -0.2) is 25.4 Å². The van der Waals surface area contributed by atoms with Gasteiger partial charge < -0.3 is 9.47 Å². The fraction of sp³-hybridized carbons (Fsp3) is 0.364. The van der Waals surface area contributed by atoms with Gasteiger partial charge in [-0.15, -0.1) is 11.8 Å². The van der Waals surface area contributed by atoms with E-state index in [1.54, 1.807) is 18.7 Å². The monoisotopic (exact) mass is 226 g/mol. The Bertz CT molecular complexity index is 338. The fourth-order valence-corrected chi connectivity index (χ4v) is 1.65. The van der Waals surface area contributed by atoms with Gasteiger partial charge in [0.15, 0.2) is 6.10 Å². The lowest BCUT2D eigenvalue weighted by atomic mass is 10.3. The van der Waals surface area contributed by atoms with Crippen LogP contribution in [0.2, 0.25) is 0 Å². The molecule has 0 aliphatic rings. The molecule has 0 fully saturated rings. The molecule has 1 atom stereocenters. The number of para-hydroxylation sites is 1. The van der Waals surface area contributed by atoms with Gasteiger partial charge in [0.25, 0.3) is 0 Å². The van der Waals surface area contributed by atoms with E-state index >= 15 is 0 Å². The molecular weight excluding hydrogens is 212 g/mol. The molecule has 0 saturated heterocycles. The number of carbonyl (C=O) groups is 1. The number of ether oxygens (including phenoxy) is 2. The summed E-state index contributed by atoms with van der Waals surface area (Å²) >= 11 is 1.58. The van der Waals surface area contributed by atoms with Crippen molar-refractivity contribution in [2.45, 2.75) is 17.9 Å². The highest BCUT2D eigenvalue weighted by Gasteiger charge is 2.15. The topological polar surface area (TPSA) is 35.5 Å². The molecule has 0 amide bonds. The molecule has 1 aromatic rings. The van der Waals surface area contributed by atoms with Crippen LogP contribution in [0.3, 0.4) is 0 Å². The summed E-state index contributed by atoms with van der Waals surface area (Å²) in [7, 11) is 1.35. The van der Waals surface area contributed by atoms with E-state index in [-0.39, 0.29) is 5.97 Å². The lowest BCUT2D eigenvalue weighted by Gasteiger charge is -2.14. The molecule has 1 unspecified atom stereocenters. The van der Waals surface area contributed by atoms with Crippen molar-refractivity contribution >= 4 is 17.7 Å². The van der Waals surface area contributed by atoms with Gasteiger partial charge in [-0.05, 0) is 25.3 Å². The van der Waals surface area contributed by atoms with Gasteiger partial charge in [-0.25, -0.2) is 4.79 Å². The predicted molar refractivity (Wildman–Crippen MR) is 60.3 cm³/mol. The van der Waals surface area contributed by atoms with E-state index in [4.69, 9.17) is 4.74 Å². The lowest BCUT2D eigenvalue weighted by molar-refractivity contribution is -0.148. The molecule has 82 valence electrons. The molecule has 1 aromatic carbocycles. The van der Waals surface area contributed by atoms with Crippen molar-refractivity contribution in [1.82, 2.24) is 0 Å². The fourth-order valence-electron chi connectivity index (χ4n) is 1.12. The zero-order valence-electron chi connectivity index (χ0n) is 9.02. The van der Waals surface area contributed by atoms with Gasteiger partial charge in [0, 0.05) is 4.90 Å². The van der Waals surface area contributed by atoms with Gasteiger partial charge in [0.1, 0.15) is 5.75 Å². The Hall–Kier alpha value is -1.16. The van der Waals surface area contributed by atoms with Crippen molar-refractivity contribution < 1.29 is 14.3 Å². The van der Waals surface area contributed by atoms with Crippen LogP contribution in [0.25, 0.3) is 0 Å². The molecule has 3 nitrogen and oxygen atoms in total. The van der Waals surface area contributed by atoms with Gasteiger partial charge in [-0.1, -0.05) is 12.1 Å². The number of benzene rings is 1. The SMILES string of the molecule is COC(=O)C(C)Oc1ccccc1SC. The van der Waals surface area contributed by atoms with Crippen molar-refractivity contribution in [2.24, 2.45) is 0 Å². The summed E-state index contributed by atoms with van der Waals surface area (Å²) in [5, 5.41) is 0. The predicted octanol–water partition coefficient (Wildman–Crippen LogP) is 2.35. The van der Waals surface area contributed by atoms with E-state index in [1.807, 2.05) is 30.5 Å². The van der Waals surface area contributed by atoms with Crippen molar-refractivity contribution in [1.29, 1.82) is 0 Å². The Labute approximate surface area is 93.8 Å². The maximum Gasteiger partial charge on any atom is 0.346 e. The second kappa shape index (κ2) is 5.66. The van der Waals surface area contributed by atoms with E-state index in [0.29, 0.717) is 5.75 Å². The van der Waals surface area contributed by atoms with Crippen LogP contribution in [0.4, 0.5) is 0 Å². The second-order valence-electron chi connectivity index (χ2n) is 2.93. The minimum Gasteiger partial charge on any atom is -0.478 e. The Morgan fingerprint density at radius 3 is 2.67 bits per heavy atom. The van der Waals surface area contributed by atoms with E-state index in [0.717, 1.165) is 4.90 Å². The first-order valence-electron chi connectivity index (χ1n) is 4.56. The van der Waals surface area contributed by atoms with Crippen LogP contribution in [0, 0.1) is 0 Å². The standard InChI is InChI=1S/C11H14O3S/c1-8(11(12)13-2)14-9-6-4-5-7-10(9)15-3/h4-8H,1-3H3. The Morgan fingerprint density at radius 2 is 2.07 bits per heavy atom. The summed E-state index contributed by atoms with van der Waals surface area (Å²) < 4.78 is 10.1. The molecule has 0 bridgehead atoms. The van der Waals surface area contributed by atoms with Crippen molar-refractivity contribution in [3.63, 3.8) is 0 Å². The summed E-state index contributed by atoms with van der Waals surface area (Å²) in [6, 6.07) is 7.59. The molecule has 0 heterocycles. The van der Waals surface area contributed by atoms with Gasteiger partial charge in [-0.2, -0.15) is 0 Å². The Morgan fingerprint density at radius 1 is 1.40 bits per heavy atom. The number of methoxy groups -OCH3 is 1. The second-order valence-corrected chi connectivity index (χ2v) is 3.78. The average molecular weight is 226 g/mol. The van der Waals surface area contributed by atoms with Crippen LogP contribution in [0.5, 0.6) is 5.75 Å². The summed E-state index contributed by atoms with van der Waals surface area (Å²) in [5.74, 6) is 0.341. The van der Waals surface area contributed by atoms with E-state index < -0.39 is 6.10 Å².